The van der Waals surface area contributed by atoms with E-state index in [-0.39, 0.29) is 0 Å². The summed E-state index contributed by atoms with van der Waals surface area (Å²) in [6.07, 6.45) is 5.09. The first-order valence-electron chi connectivity index (χ1n) is 5.52. The molecule has 0 spiro atoms. The average Bonchev–Trinajstić information content (AvgIpc) is 2.96. The summed E-state index contributed by atoms with van der Waals surface area (Å²) in [5, 5.41) is 2.09. The highest BCUT2D eigenvalue weighted by Crippen LogP contribution is 2.28. The van der Waals surface area contributed by atoms with Crippen molar-refractivity contribution in [2.75, 3.05) is 0 Å². The van der Waals surface area contributed by atoms with Crippen molar-refractivity contribution in [2.24, 2.45) is 0 Å². The molecule has 0 aliphatic carbocycles. The van der Waals surface area contributed by atoms with E-state index in [1.807, 2.05) is 18.3 Å². The second-order valence-corrected chi connectivity index (χ2v) is 4.76. The molecule has 1 atom stereocenters. The molecule has 2 aromatic rings. The van der Waals surface area contributed by atoms with E-state index >= 15 is 0 Å². The Kier molecular flexibility index (Phi) is 3.57. The van der Waals surface area contributed by atoms with E-state index in [0.29, 0.717) is 6.04 Å². The quantitative estimate of drug-likeness (QED) is 0.721. The van der Waals surface area contributed by atoms with Crippen molar-refractivity contribution < 1.29 is 4.79 Å². The van der Waals surface area contributed by atoms with Crippen molar-refractivity contribution in [3.8, 4) is 0 Å². The van der Waals surface area contributed by atoms with Crippen molar-refractivity contribution >= 4 is 17.6 Å². The molecule has 0 fully saturated rings. The lowest BCUT2D eigenvalue weighted by Gasteiger charge is -2.18. The fourth-order valence-corrected chi connectivity index (χ4v) is 2.82. The average molecular weight is 233 g/mol. The number of carbonyl (C=O) groups is 1. The number of aromatic nitrogens is 1. The lowest BCUT2D eigenvalue weighted by atomic mass is 10.1. The second kappa shape index (κ2) is 5.12. The molecule has 0 aliphatic heterocycles. The Bertz CT molecular complexity index is 444. The summed E-state index contributed by atoms with van der Waals surface area (Å²) >= 11 is 1.75. The van der Waals surface area contributed by atoms with Gasteiger partial charge in [0.2, 0.25) is 0 Å². The summed E-state index contributed by atoms with van der Waals surface area (Å²) in [7, 11) is 0. The first-order chi connectivity index (χ1) is 7.86. The topological polar surface area (TPSA) is 22.0 Å². The van der Waals surface area contributed by atoms with Crippen LogP contribution in [0.5, 0.6) is 0 Å². The van der Waals surface area contributed by atoms with Gasteiger partial charge in [-0.25, -0.2) is 0 Å². The van der Waals surface area contributed by atoms with E-state index in [1.165, 1.54) is 4.88 Å². The molecule has 16 heavy (non-hydrogen) atoms. The van der Waals surface area contributed by atoms with Gasteiger partial charge in [0.1, 0.15) is 0 Å². The molecule has 84 valence electrons. The number of hydrogen-bond acceptors (Lipinski definition) is 2. The van der Waals surface area contributed by atoms with Crippen LogP contribution >= 0.6 is 11.3 Å². The summed E-state index contributed by atoms with van der Waals surface area (Å²) < 4.78 is 2.07. The third kappa shape index (κ3) is 2.09. The maximum absolute atomic E-state index is 10.9. The Labute approximate surface area is 99.5 Å². The van der Waals surface area contributed by atoms with Gasteiger partial charge in [0.15, 0.2) is 6.29 Å². The number of aldehydes is 1. The van der Waals surface area contributed by atoms with Crippen LogP contribution in [0.25, 0.3) is 0 Å². The van der Waals surface area contributed by atoms with Gasteiger partial charge in [0.05, 0.1) is 11.7 Å². The van der Waals surface area contributed by atoms with Crippen molar-refractivity contribution in [3.05, 3.63) is 46.4 Å². The molecule has 2 heterocycles. The largest absolute Gasteiger partial charge is 0.337 e. The standard InChI is InChI=1S/C13H15NOS/c1-2-5-12(13-7-4-9-16-13)14-8-3-6-11(14)10-15/h3-4,6-10,12H,2,5H2,1H3. The number of rotatable bonds is 5. The summed E-state index contributed by atoms with van der Waals surface area (Å²) in [6, 6.07) is 8.30. The normalized spacial score (nSPS) is 12.6. The van der Waals surface area contributed by atoms with Crippen LogP contribution in [0.15, 0.2) is 35.8 Å². The van der Waals surface area contributed by atoms with E-state index in [4.69, 9.17) is 0 Å². The van der Waals surface area contributed by atoms with E-state index in [9.17, 15) is 4.79 Å². The van der Waals surface area contributed by atoms with Crippen LogP contribution in [0.1, 0.15) is 41.2 Å². The van der Waals surface area contributed by atoms with E-state index < -0.39 is 0 Å². The molecule has 0 bridgehead atoms. The molecule has 0 N–H and O–H groups in total. The van der Waals surface area contributed by atoms with Gasteiger partial charge < -0.3 is 4.57 Å². The molecule has 2 nitrogen and oxygen atoms in total. The first-order valence-corrected chi connectivity index (χ1v) is 6.40. The van der Waals surface area contributed by atoms with Crippen LogP contribution in [-0.4, -0.2) is 10.9 Å². The first kappa shape index (κ1) is 11.1. The predicted molar refractivity (Wildman–Crippen MR) is 67.2 cm³/mol. The number of carbonyl (C=O) groups excluding carboxylic acids is 1. The van der Waals surface area contributed by atoms with Gasteiger partial charge in [-0.1, -0.05) is 19.4 Å². The maximum atomic E-state index is 10.9. The minimum atomic E-state index is 0.306. The highest BCUT2D eigenvalue weighted by Gasteiger charge is 2.15. The Morgan fingerprint density at radius 1 is 1.44 bits per heavy atom. The molecule has 1 unspecified atom stereocenters. The molecule has 0 aromatic carbocycles. The zero-order chi connectivity index (χ0) is 11.4. The fraction of sp³-hybridized carbons (Fsp3) is 0.308. The van der Waals surface area contributed by atoms with Gasteiger partial charge in [-0.3, -0.25) is 4.79 Å². The van der Waals surface area contributed by atoms with Gasteiger partial charge in [0.25, 0.3) is 0 Å². The van der Waals surface area contributed by atoms with E-state index in [2.05, 4.69) is 29.0 Å². The Balaban J connectivity index is 2.36. The molecule has 2 aromatic heterocycles. The molecule has 0 radical (unpaired) electrons. The number of thiophene rings is 1. The zero-order valence-electron chi connectivity index (χ0n) is 9.30. The minimum Gasteiger partial charge on any atom is -0.337 e. The highest BCUT2D eigenvalue weighted by atomic mass is 32.1. The molecule has 0 aliphatic rings. The summed E-state index contributed by atoms with van der Waals surface area (Å²) in [5.74, 6) is 0. The lowest BCUT2D eigenvalue weighted by molar-refractivity contribution is 0.111. The zero-order valence-corrected chi connectivity index (χ0v) is 10.1. The van der Waals surface area contributed by atoms with Crippen molar-refractivity contribution in [1.82, 2.24) is 4.57 Å². The van der Waals surface area contributed by atoms with Crippen molar-refractivity contribution in [3.63, 3.8) is 0 Å². The van der Waals surface area contributed by atoms with Crippen LogP contribution in [0, 0.1) is 0 Å². The predicted octanol–water partition coefficient (Wildman–Crippen LogP) is 3.75. The summed E-state index contributed by atoms with van der Waals surface area (Å²) in [6.45, 7) is 2.17. The molecule has 2 rings (SSSR count). The smallest absolute Gasteiger partial charge is 0.166 e. The third-order valence-corrected chi connectivity index (χ3v) is 3.68. The van der Waals surface area contributed by atoms with Crippen LogP contribution in [-0.2, 0) is 0 Å². The van der Waals surface area contributed by atoms with Gasteiger partial charge >= 0.3 is 0 Å². The molecule has 3 heteroatoms. The Morgan fingerprint density at radius 2 is 2.31 bits per heavy atom. The van der Waals surface area contributed by atoms with E-state index in [0.717, 1.165) is 24.8 Å². The lowest BCUT2D eigenvalue weighted by Crippen LogP contribution is -2.10. The van der Waals surface area contributed by atoms with Crippen LogP contribution in [0.4, 0.5) is 0 Å². The van der Waals surface area contributed by atoms with Gasteiger partial charge in [-0.05, 0) is 30.0 Å². The van der Waals surface area contributed by atoms with Crippen LogP contribution < -0.4 is 0 Å². The summed E-state index contributed by atoms with van der Waals surface area (Å²) in [4.78, 5) is 12.3. The molecule has 0 amide bonds. The number of nitrogens with zero attached hydrogens (tertiary/aromatic N) is 1. The Hall–Kier alpha value is -1.35. The van der Waals surface area contributed by atoms with E-state index in [1.54, 1.807) is 11.3 Å². The van der Waals surface area contributed by atoms with Gasteiger partial charge in [0, 0.05) is 11.1 Å². The second-order valence-electron chi connectivity index (χ2n) is 3.78. The van der Waals surface area contributed by atoms with Crippen LogP contribution in [0.3, 0.4) is 0 Å². The highest BCUT2D eigenvalue weighted by molar-refractivity contribution is 7.10. The molecular formula is C13H15NOS. The molecular weight excluding hydrogens is 218 g/mol. The SMILES string of the molecule is CCCC(c1cccs1)n1cccc1C=O. The molecule has 0 saturated heterocycles. The monoisotopic (exact) mass is 233 g/mol. The van der Waals surface area contributed by atoms with Gasteiger partial charge in [-0.15, -0.1) is 11.3 Å². The van der Waals surface area contributed by atoms with Crippen molar-refractivity contribution in [1.29, 1.82) is 0 Å². The third-order valence-electron chi connectivity index (χ3n) is 2.70. The Morgan fingerprint density at radius 3 is 2.94 bits per heavy atom. The fourth-order valence-electron chi connectivity index (χ4n) is 1.96. The van der Waals surface area contributed by atoms with Gasteiger partial charge in [-0.2, -0.15) is 0 Å². The number of hydrogen-bond donors (Lipinski definition) is 0. The minimum absolute atomic E-state index is 0.306. The summed E-state index contributed by atoms with van der Waals surface area (Å²) in [5.41, 5.74) is 0.756. The van der Waals surface area contributed by atoms with Crippen molar-refractivity contribution in [2.45, 2.75) is 25.8 Å². The maximum Gasteiger partial charge on any atom is 0.166 e. The molecule has 0 saturated carbocycles. The van der Waals surface area contributed by atoms with Crippen LogP contribution in [0.2, 0.25) is 0 Å².